The van der Waals surface area contributed by atoms with E-state index in [2.05, 4.69) is 31.2 Å². The minimum absolute atomic E-state index is 0.00183. The topological polar surface area (TPSA) is 177 Å². The normalized spacial score (nSPS) is 17.2. The summed E-state index contributed by atoms with van der Waals surface area (Å²) in [6.07, 6.45) is 9.61. The maximum absolute atomic E-state index is 13.4. The number of amides is 4. The average Bonchev–Trinajstić information content (AvgIpc) is 3.86. The minimum atomic E-state index is -0.941. The lowest BCUT2D eigenvalue weighted by molar-refractivity contribution is -0.123. The third-order valence-corrected chi connectivity index (χ3v) is 8.56. The molecule has 2 aliphatic heterocycles. The van der Waals surface area contributed by atoms with Gasteiger partial charge in [0.25, 0.3) is 0 Å². The molecule has 16 nitrogen and oxygen atoms in total. The van der Waals surface area contributed by atoms with Crippen LogP contribution >= 0.6 is 0 Å². The summed E-state index contributed by atoms with van der Waals surface area (Å²) in [7, 11) is 0. The number of aromatic nitrogens is 4. The second-order valence-electron chi connectivity index (χ2n) is 15.7. The quantitative estimate of drug-likeness (QED) is 0.204. The number of hydrogen-bond donors (Lipinski definition) is 4. The van der Waals surface area contributed by atoms with Crippen LogP contribution in [0.15, 0.2) is 86.0 Å². The van der Waals surface area contributed by atoms with Crippen LogP contribution in [0.2, 0.25) is 0 Å². The van der Waals surface area contributed by atoms with E-state index in [4.69, 9.17) is 9.47 Å². The first-order valence-electron chi connectivity index (χ1n) is 18.7. The summed E-state index contributed by atoms with van der Waals surface area (Å²) in [4.78, 5) is 62.0. The van der Waals surface area contributed by atoms with Gasteiger partial charge in [0, 0.05) is 82.0 Å². The fraction of sp³-hybridized carbons (Fsp3) is 0.450. The molecule has 0 aliphatic carbocycles. The molecule has 2 fully saturated rings. The Morgan fingerprint density at radius 1 is 0.750 bits per heavy atom. The van der Waals surface area contributed by atoms with Crippen LogP contribution in [0.5, 0.6) is 0 Å². The van der Waals surface area contributed by atoms with Gasteiger partial charge in [-0.05, 0) is 76.9 Å². The van der Waals surface area contributed by atoms with E-state index in [9.17, 15) is 19.2 Å². The van der Waals surface area contributed by atoms with Gasteiger partial charge in [0.05, 0.1) is 25.2 Å². The van der Waals surface area contributed by atoms with Crippen molar-refractivity contribution in [1.29, 1.82) is 0 Å². The fourth-order valence-electron chi connectivity index (χ4n) is 6.01. The highest BCUT2D eigenvalue weighted by atomic mass is 16.6. The molecule has 4 amide bonds. The zero-order chi connectivity index (χ0) is 40.3. The van der Waals surface area contributed by atoms with Crippen LogP contribution in [-0.2, 0) is 32.2 Å². The van der Waals surface area contributed by atoms with Crippen molar-refractivity contribution in [1.82, 2.24) is 39.5 Å². The predicted molar refractivity (Wildman–Crippen MR) is 212 cm³/mol. The van der Waals surface area contributed by atoms with Gasteiger partial charge in [0.1, 0.15) is 17.2 Å². The third-order valence-electron chi connectivity index (χ3n) is 8.56. The highest BCUT2D eigenvalue weighted by molar-refractivity contribution is 5.97. The first kappa shape index (κ1) is 41.4. The number of rotatable bonds is 8. The Kier molecular flexibility index (Phi) is 13.9. The number of nitrogens with zero attached hydrogens (tertiary/aromatic N) is 6. The van der Waals surface area contributed by atoms with Crippen molar-refractivity contribution in [2.75, 3.05) is 49.9 Å². The second kappa shape index (κ2) is 18.7. The Bertz CT molecular complexity index is 1900. The van der Waals surface area contributed by atoms with Crippen LogP contribution in [0.4, 0.5) is 21.0 Å². The lowest BCUT2D eigenvalue weighted by Gasteiger charge is -2.41. The summed E-state index contributed by atoms with van der Waals surface area (Å²) in [5.41, 5.74) is 2.12. The number of benzene rings is 2. The molecule has 4 N–H and O–H groups in total. The van der Waals surface area contributed by atoms with Crippen LogP contribution in [-0.4, -0.2) is 115 Å². The minimum Gasteiger partial charge on any atom is -0.444 e. The zero-order valence-corrected chi connectivity index (χ0v) is 33.0. The monoisotopic (exact) mass is 770 g/mol. The molecule has 2 aromatic carbocycles. The summed E-state index contributed by atoms with van der Waals surface area (Å²) < 4.78 is 14.9. The Morgan fingerprint density at radius 2 is 1.30 bits per heavy atom. The average molecular weight is 771 g/mol. The number of imidazole rings is 2. The first-order valence-corrected chi connectivity index (χ1v) is 18.7. The van der Waals surface area contributed by atoms with Crippen LogP contribution in [0.1, 0.15) is 52.7 Å². The molecule has 2 aliphatic rings. The largest absolute Gasteiger partial charge is 0.444 e. The molecule has 0 bridgehead atoms. The van der Waals surface area contributed by atoms with Crippen LogP contribution in [0, 0.1) is 0 Å². The maximum Gasteiger partial charge on any atom is 0.411 e. The zero-order valence-electron chi connectivity index (χ0n) is 33.0. The van der Waals surface area contributed by atoms with Crippen molar-refractivity contribution in [3.05, 3.63) is 97.1 Å². The molecule has 0 saturated carbocycles. The number of carbonyl (C=O) groups is 4. The van der Waals surface area contributed by atoms with Gasteiger partial charge in [0.2, 0.25) is 11.8 Å². The van der Waals surface area contributed by atoms with Crippen LogP contribution in [0.25, 0.3) is 0 Å². The van der Waals surface area contributed by atoms with Crippen molar-refractivity contribution in [3.8, 4) is 0 Å². The highest BCUT2D eigenvalue weighted by Crippen LogP contribution is 2.21. The molecule has 2 aromatic heterocycles. The maximum atomic E-state index is 13.4. The molecule has 16 heteroatoms. The summed E-state index contributed by atoms with van der Waals surface area (Å²) in [6, 6.07) is 14.2. The van der Waals surface area contributed by atoms with E-state index in [1.807, 2.05) is 64.0 Å². The fourth-order valence-corrected chi connectivity index (χ4v) is 6.01. The van der Waals surface area contributed by atoms with E-state index >= 15 is 0 Å². The lowest BCUT2D eigenvalue weighted by Crippen LogP contribution is -2.61. The van der Waals surface area contributed by atoms with Gasteiger partial charge in [0.15, 0.2) is 0 Å². The van der Waals surface area contributed by atoms with E-state index in [0.717, 1.165) is 36.4 Å². The van der Waals surface area contributed by atoms with Gasteiger partial charge in [-0.3, -0.25) is 14.5 Å². The smallest absolute Gasteiger partial charge is 0.411 e. The summed E-state index contributed by atoms with van der Waals surface area (Å²) >= 11 is 0. The first-order chi connectivity index (χ1) is 26.6. The molecular formula is C40H54N10O6. The van der Waals surface area contributed by atoms with Gasteiger partial charge in [-0.2, -0.15) is 0 Å². The van der Waals surface area contributed by atoms with E-state index < -0.39 is 35.3 Å². The van der Waals surface area contributed by atoms with E-state index in [-0.39, 0.29) is 31.6 Å². The standard InChI is InChI=1S/C25H35N5O5.C15H19N5O/c1-24(2,3)34-22(32)29-12-13-30(23(33)35-25(4,5)6)20(16-29)21(31)27-19-9-7-8-18(14-19)15-28-11-10-26-17-28;21-15(14-9-16-4-5-18-14)19-13-3-1-2-12(8-13)10-20-7-6-17-11-20/h7-11,14,17,20H,12-13,15-16H2,1-6H3,(H,27,31);1-3,6-8,11,14,16,18H,4-5,9-10H2,(H,19,21). The Balaban J connectivity index is 0.000000242. The lowest BCUT2D eigenvalue weighted by atomic mass is 10.1. The van der Waals surface area contributed by atoms with Crippen LogP contribution < -0.4 is 21.3 Å². The molecule has 4 aromatic rings. The Labute approximate surface area is 327 Å². The molecule has 2 unspecified atom stereocenters. The van der Waals surface area contributed by atoms with Crippen molar-refractivity contribution >= 4 is 35.4 Å². The number of anilines is 2. The molecule has 2 saturated heterocycles. The number of ether oxygens (including phenoxy) is 2. The summed E-state index contributed by atoms with van der Waals surface area (Å²) in [5.74, 6) is -0.411. The summed E-state index contributed by atoms with van der Waals surface area (Å²) in [6.45, 7) is 14.8. The van der Waals surface area contributed by atoms with Gasteiger partial charge in [-0.15, -0.1) is 0 Å². The van der Waals surface area contributed by atoms with E-state index in [1.54, 1.807) is 72.7 Å². The van der Waals surface area contributed by atoms with Crippen molar-refractivity contribution in [2.24, 2.45) is 0 Å². The molecule has 4 heterocycles. The SMILES string of the molecule is CC(C)(C)OC(=O)N1CCN(C(=O)OC(C)(C)C)C(C(=O)Nc2cccc(Cn3ccnc3)c2)C1.O=C(Nc1cccc(Cn2ccnc2)c1)C1CNCCN1. The summed E-state index contributed by atoms with van der Waals surface area (Å²) in [5, 5.41) is 12.3. The molecule has 6 rings (SSSR count). The van der Waals surface area contributed by atoms with Crippen molar-refractivity contribution in [2.45, 2.75) is 77.9 Å². The van der Waals surface area contributed by atoms with Crippen LogP contribution in [0.3, 0.4) is 0 Å². The van der Waals surface area contributed by atoms with Crippen molar-refractivity contribution < 1.29 is 28.7 Å². The van der Waals surface area contributed by atoms with Gasteiger partial charge < -0.3 is 44.8 Å². The van der Waals surface area contributed by atoms with Gasteiger partial charge in [-0.25, -0.2) is 19.6 Å². The number of nitrogens with one attached hydrogen (secondary N) is 4. The highest BCUT2D eigenvalue weighted by Gasteiger charge is 2.40. The molecule has 300 valence electrons. The van der Waals surface area contributed by atoms with E-state index in [0.29, 0.717) is 18.8 Å². The number of carbonyl (C=O) groups excluding carboxylic acids is 4. The predicted octanol–water partition coefficient (Wildman–Crippen LogP) is 4.16. The van der Waals surface area contributed by atoms with Gasteiger partial charge in [-0.1, -0.05) is 24.3 Å². The molecule has 0 spiro atoms. The molecular weight excluding hydrogens is 717 g/mol. The number of hydrogen-bond acceptors (Lipinski definition) is 10. The molecule has 2 atom stereocenters. The molecule has 0 radical (unpaired) electrons. The molecule has 56 heavy (non-hydrogen) atoms. The Hall–Kier alpha value is -5.74. The van der Waals surface area contributed by atoms with Gasteiger partial charge >= 0.3 is 12.2 Å². The van der Waals surface area contributed by atoms with E-state index in [1.165, 1.54) is 9.80 Å². The van der Waals surface area contributed by atoms with Crippen molar-refractivity contribution in [3.63, 3.8) is 0 Å². The number of piperazine rings is 2. The Morgan fingerprint density at radius 3 is 1.80 bits per heavy atom. The third kappa shape index (κ3) is 12.9. The second-order valence-corrected chi connectivity index (χ2v) is 15.7.